The molecule has 6 aromatic rings. The average Bonchev–Trinajstić information content (AvgIpc) is 3.76. The number of pyridine rings is 2. The van der Waals surface area contributed by atoms with Gasteiger partial charge < -0.3 is 10.8 Å². The molecule has 0 spiro atoms. The molecule has 3 aromatic heterocycles. The largest absolute Gasteiger partial charge is 0.389 e. The van der Waals surface area contributed by atoms with Crippen LogP contribution in [0.15, 0.2) is 103 Å². The molecule has 196 valence electrons. The molecule has 40 heavy (non-hydrogen) atoms. The van der Waals surface area contributed by atoms with Gasteiger partial charge in [-0.05, 0) is 54.9 Å². The molecule has 0 saturated heterocycles. The summed E-state index contributed by atoms with van der Waals surface area (Å²) in [6, 6.07) is 33.1. The molecule has 6 heteroatoms. The van der Waals surface area contributed by atoms with Crippen LogP contribution in [0.5, 0.6) is 0 Å². The molecule has 0 aliphatic heterocycles. The van der Waals surface area contributed by atoms with Crippen molar-refractivity contribution in [3.8, 4) is 33.8 Å². The topological polar surface area (TPSA) is 89.3 Å². The Balaban J connectivity index is 1.24. The highest BCUT2D eigenvalue weighted by Crippen LogP contribution is 2.57. The Morgan fingerprint density at radius 1 is 0.775 bits per heavy atom. The third-order valence-electron chi connectivity index (χ3n) is 8.80. The van der Waals surface area contributed by atoms with Crippen LogP contribution >= 0.6 is 0 Å². The summed E-state index contributed by atoms with van der Waals surface area (Å²) in [7, 11) is 0. The maximum atomic E-state index is 10.9. The molecule has 0 atom stereocenters. The maximum absolute atomic E-state index is 10.9. The van der Waals surface area contributed by atoms with Crippen molar-refractivity contribution < 1.29 is 5.11 Å². The Morgan fingerprint density at radius 2 is 1.45 bits per heavy atom. The van der Waals surface area contributed by atoms with E-state index in [-0.39, 0.29) is 0 Å². The molecule has 6 nitrogen and oxygen atoms in total. The fraction of sp³-hybridized carbons (Fsp3) is 0.206. The van der Waals surface area contributed by atoms with Gasteiger partial charge in [0, 0.05) is 33.8 Å². The van der Waals surface area contributed by atoms with Gasteiger partial charge in [-0.3, -0.25) is 4.40 Å². The minimum atomic E-state index is -0.582. The summed E-state index contributed by atoms with van der Waals surface area (Å²) in [5.74, 6) is 1.23. The molecule has 0 bridgehead atoms. The van der Waals surface area contributed by atoms with Crippen LogP contribution in [-0.2, 0) is 5.54 Å². The first-order valence-electron chi connectivity index (χ1n) is 13.9. The van der Waals surface area contributed by atoms with E-state index in [0.717, 1.165) is 68.7 Å². The predicted octanol–water partition coefficient (Wildman–Crippen LogP) is 6.37. The molecular weight excluding hydrogens is 494 g/mol. The summed E-state index contributed by atoms with van der Waals surface area (Å²) in [6.07, 6.45) is 5.50. The van der Waals surface area contributed by atoms with Gasteiger partial charge in [-0.15, -0.1) is 10.2 Å². The number of nitrogens with two attached hydrogens (primary N) is 1. The van der Waals surface area contributed by atoms with Crippen molar-refractivity contribution in [1.29, 1.82) is 0 Å². The van der Waals surface area contributed by atoms with E-state index in [4.69, 9.17) is 10.7 Å². The first-order valence-corrected chi connectivity index (χ1v) is 13.9. The van der Waals surface area contributed by atoms with Crippen molar-refractivity contribution in [3.63, 3.8) is 0 Å². The van der Waals surface area contributed by atoms with Gasteiger partial charge in [0.15, 0.2) is 11.5 Å². The van der Waals surface area contributed by atoms with E-state index in [9.17, 15) is 5.11 Å². The third kappa shape index (κ3) is 3.68. The summed E-state index contributed by atoms with van der Waals surface area (Å²) in [4.78, 5) is 5.18. The fourth-order valence-electron chi connectivity index (χ4n) is 6.55. The van der Waals surface area contributed by atoms with Crippen molar-refractivity contribution in [3.05, 3.63) is 109 Å². The van der Waals surface area contributed by atoms with E-state index in [1.54, 1.807) is 0 Å². The third-order valence-corrected chi connectivity index (χ3v) is 8.80. The lowest BCUT2D eigenvalue weighted by Crippen LogP contribution is -2.60. The second kappa shape index (κ2) is 8.55. The molecule has 3 heterocycles. The number of aromatic nitrogens is 4. The summed E-state index contributed by atoms with van der Waals surface area (Å²) in [6.45, 7) is 0. The van der Waals surface area contributed by atoms with E-state index in [1.807, 2.05) is 65.2 Å². The molecular formula is C34H29N5O. The number of aliphatic hydroxyl groups is 1. The minimum Gasteiger partial charge on any atom is -0.389 e. The van der Waals surface area contributed by atoms with Gasteiger partial charge in [-0.1, -0.05) is 84.9 Å². The Kier molecular flexibility index (Phi) is 5.02. The highest BCUT2D eigenvalue weighted by atomic mass is 16.3. The molecule has 3 aromatic carbocycles. The van der Waals surface area contributed by atoms with E-state index in [0.29, 0.717) is 18.8 Å². The Labute approximate surface area is 232 Å². The average molecular weight is 524 g/mol. The summed E-state index contributed by atoms with van der Waals surface area (Å²) >= 11 is 0. The van der Waals surface area contributed by atoms with E-state index < -0.39 is 11.1 Å². The second-order valence-corrected chi connectivity index (χ2v) is 11.5. The number of benzene rings is 3. The normalized spacial score (nSPS) is 22.4. The Bertz CT molecular complexity index is 1870. The van der Waals surface area contributed by atoms with Crippen LogP contribution in [-0.4, -0.2) is 30.3 Å². The highest BCUT2D eigenvalue weighted by Gasteiger charge is 2.58. The van der Waals surface area contributed by atoms with Crippen molar-refractivity contribution in [2.75, 3.05) is 0 Å². The Hall–Kier alpha value is -4.39. The van der Waals surface area contributed by atoms with Crippen LogP contribution in [0.3, 0.4) is 0 Å². The van der Waals surface area contributed by atoms with Gasteiger partial charge in [0.25, 0.3) is 0 Å². The molecule has 0 radical (unpaired) electrons. The molecule has 2 aliphatic carbocycles. The smallest absolute Gasteiger partial charge is 0.170 e. The monoisotopic (exact) mass is 523 g/mol. The van der Waals surface area contributed by atoms with Gasteiger partial charge in [-0.25, -0.2) is 4.98 Å². The molecule has 2 saturated carbocycles. The first kappa shape index (κ1) is 23.5. The summed E-state index contributed by atoms with van der Waals surface area (Å²) < 4.78 is 2.03. The molecule has 0 amide bonds. The van der Waals surface area contributed by atoms with Gasteiger partial charge in [0.05, 0.1) is 16.8 Å². The zero-order valence-electron chi connectivity index (χ0n) is 22.0. The maximum Gasteiger partial charge on any atom is 0.170 e. The SMILES string of the molecule is NC1(c2ccc(-c3nc4ccn5c(-c6ccccc6)nnc5c4cc3-c3ccccc3)cc2)CC(O)(C2CC2)C1. The van der Waals surface area contributed by atoms with Gasteiger partial charge in [-0.2, -0.15) is 0 Å². The summed E-state index contributed by atoms with van der Waals surface area (Å²) in [5, 5.41) is 20.9. The molecule has 0 unspecified atom stereocenters. The minimum absolute atomic E-state index is 0.430. The van der Waals surface area contributed by atoms with E-state index in [1.165, 1.54) is 0 Å². The lowest BCUT2D eigenvalue weighted by molar-refractivity contribution is -0.106. The van der Waals surface area contributed by atoms with Gasteiger partial charge in [0.2, 0.25) is 0 Å². The summed E-state index contributed by atoms with van der Waals surface area (Å²) in [5.41, 5.74) is 13.5. The van der Waals surface area contributed by atoms with Crippen LogP contribution in [0.25, 0.3) is 50.3 Å². The van der Waals surface area contributed by atoms with Crippen molar-refractivity contribution in [2.45, 2.75) is 36.8 Å². The first-order chi connectivity index (χ1) is 19.5. The van der Waals surface area contributed by atoms with Crippen molar-refractivity contribution >= 4 is 16.6 Å². The lowest BCUT2D eigenvalue weighted by atomic mass is 9.60. The Morgan fingerprint density at radius 3 is 2.12 bits per heavy atom. The van der Waals surface area contributed by atoms with Gasteiger partial charge >= 0.3 is 0 Å². The van der Waals surface area contributed by atoms with Crippen molar-refractivity contribution in [2.24, 2.45) is 11.7 Å². The number of rotatable bonds is 5. The number of hydrogen-bond acceptors (Lipinski definition) is 5. The molecule has 8 rings (SSSR count). The standard InChI is InChI=1S/C34H29N5O/c35-33(20-34(40,21-33)26-15-16-26)25-13-11-23(12-14-25)30-27(22-7-3-1-4-8-22)19-28-29(36-30)17-18-39-31(37-38-32(28)39)24-9-5-2-6-10-24/h1-14,17-19,26,40H,15-16,20-21,35H2. The van der Waals surface area contributed by atoms with Crippen molar-refractivity contribution in [1.82, 2.24) is 19.6 Å². The molecule has 2 fully saturated rings. The molecule has 3 N–H and O–H groups in total. The number of nitrogens with zero attached hydrogens (tertiary/aromatic N) is 4. The van der Waals surface area contributed by atoms with Crippen LogP contribution in [0.4, 0.5) is 0 Å². The van der Waals surface area contributed by atoms with E-state index >= 15 is 0 Å². The molecule has 2 aliphatic rings. The number of hydrogen-bond donors (Lipinski definition) is 2. The zero-order chi connectivity index (χ0) is 26.9. The predicted molar refractivity (Wildman–Crippen MR) is 157 cm³/mol. The van der Waals surface area contributed by atoms with Crippen LogP contribution < -0.4 is 5.73 Å². The van der Waals surface area contributed by atoms with Crippen LogP contribution in [0.1, 0.15) is 31.2 Å². The quantitative estimate of drug-likeness (QED) is 0.274. The second-order valence-electron chi connectivity index (χ2n) is 11.5. The van der Waals surface area contributed by atoms with Crippen LogP contribution in [0.2, 0.25) is 0 Å². The lowest BCUT2D eigenvalue weighted by Gasteiger charge is -2.52. The van der Waals surface area contributed by atoms with E-state index in [2.05, 4.69) is 52.7 Å². The fourth-order valence-corrected chi connectivity index (χ4v) is 6.55. The van der Waals surface area contributed by atoms with Gasteiger partial charge in [0.1, 0.15) is 0 Å². The highest BCUT2D eigenvalue weighted by molar-refractivity contribution is 5.98. The van der Waals surface area contributed by atoms with Crippen LogP contribution in [0, 0.1) is 5.92 Å². The zero-order valence-corrected chi connectivity index (χ0v) is 22.0. The number of fused-ring (bicyclic) bond motifs is 3.